The predicted octanol–water partition coefficient (Wildman–Crippen LogP) is 0.0396. The summed E-state index contributed by atoms with van der Waals surface area (Å²) in [5, 5.41) is 6.03. The van der Waals surface area contributed by atoms with Crippen molar-refractivity contribution in [3.8, 4) is 0 Å². The zero-order valence-corrected chi connectivity index (χ0v) is 9.72. The zero-order valence-electron chi connectivity index (χ0n) is 9.72. The summed E-state index contributed by atoms with van der Waals surface area (Å²) in [6.45, 7) is 3.87. The fraction of sp³-hybridized carbons (Fsp3) is 0.545. The smallest absolute Gasteiger partial charge is 0.231 e. The van der Waals surface area contributed by atoms with Crippen molar-refractivity contribution in [3.05, 3.63) is 18.7 Å². The summed E-state index contributed by atoms with van der Waals surface area (Å²) in [6, 6.07) is 0.0876. The van der Waals surface area contributed by atoms with Crippen LogP contribution in [-0.4, -0.2) is 41.7 Å². The molecular formula is C11H16N4O2. The molecule has 0 saturated carbocycles. The number of carbonyl (C=O) groups is 1. The SMILES string of the molecule is CCNC1COCC1C(=O)Nc1cncnc1. The Balaban J connectivity index is 1.95. The van der Waals surface area contributed by atoms with Gasteiger partial charge in [-0.1, -0.05) is 6.92 Å². The quantitative estimate of drug-likeness (QED) is 0.772. The second kappa shape index (κ2) is 5.70. The molecule has 92 valence electrons. The van der Waals surface area contributed by atoms with Gasteiger partial charge in [0.1, 0.15) is 6.33 Å². The van der Waals surface area contributed by atoms with Crippen LogP contribution in [0.5, 0.6) is 0 Å². The molecule has 1 amide bonds. The number of likely N-dealkylation sites (N-methyl/N-ethyl adjacent to an activating group) is 1. The van der Waals surface area contributed by atoms with Crippen molar-refractivity contribution < 1.29 is 9.53 Å². The highest BCUT2D eigenvalue weighted by Crippen LogP contribution is 2.16. The molecule has 2 unspecified atom stereocenters. The summed E-state index contributed by atoms with van der Waals surface area (Å²) in [7, 11) is 0. The van der Waals surface area contributed by atoms with E-state index in [1.807, 2.05) is 6.92 Å². The molecule has 1 aromatic heterocycles. The van der Waals surface area contributed by atoms with Crippen LogP contribution in [-0.2, 0) is 9.53 Å². The van der Waals surface area contributed by atoms with E-state index in [-0.39, 0.29) is 17.9 Å². The molecule has 2 N–H and O–H groups in total. The summed E-state index contributed by atoms with van der Waals surface area (Å²) >= 11 is 0. The Morgan fingerprint density at radius 2 is 2.24 bits per heavy atom. The van der Waals surface area contributed by atoms with Crippen LogP contribution in [0.1, 0.15) is 6.92 Å². The molecular weight excluding hydrogens is 220 g/mol. The van der Waals surface area contributed by atoms with Gasteiger partial charge >= 0.3 is 0 Å². The van der Waals surface area contributed by atoms with Crippen LogP contribution in [0.25, 0.3) is 0 Å². The second-order valence-corrected chi connectivity index (χ2v) is 3.92. The van der Waals surface area contributed by atoms with E-state index >= 15 is 0 Å². The molecule has 1 aliphatic rings. The van der Waals surface area contributed by atoms with Crippen molar-refractivity contribution in [3.63, 3.8) is 0 Å². The van der Waals surface area contributed by atoms with E-state index in [2.05, 4.69) is 20.6 Å². The molecule has 6 heteroatoms. The lowest BCUT2D eigenvalue weighted by Crippen LogP contribution is -2.41. The molecule has 1 aliphatic heterocycles. The Morgan fingerprint density at radius 3 is 2.94 bits per heavy atom. The monoisotopic (exact) mass is 236 g/mol. The highest BCUT2D eigenvalue weighted by atomic mass is 16.5. The Bertz CT molecular complexity index is 371. The first-order valence-corrected chi connectivity index (χ1v) is 5.68. The number of nitrogens with one attached hydrogen (secondary N) is 2. The molecule has 0 aromatic carbocycles. The summed E-state index contributed by atoms with van der Waals surface area (Å²) < 4.78 is 5.33. The number of amides is 1. The molecule has 2 rings (SSSR count). The third-order valence-electron chi connectivity index (χ3n) is 2.71. The lowest BCUT2D eigenvalue weighted by molar-refractivity contribution is -0.120. The van der Waals surface area contributed by atoms with Crippen LogP contribution in [0, 0.1) is 5.92 Å². The van der Waals surface area contributed by atoms with Crippen molar-refractivity contribution in [1.29, 1.82) is 0 Å². The normalized spacial score (nSPS) is 23.6. The van der Waals surface area contributed by atoms with Gasteiger partial charge in [-0.05, 0) is 6.54 Å². The molecule has 1 fully saturated rings. The van der Waals surface area contributed by atoms with E-state index in [9.17, 15) is 4.79 Å². The van der Waals surface area contributed by atoms with Gasteiger partial charge in [-0.2, -0.15) is 0 Å². The fourth-order valence-corrected chi connectivity index (χ4v) is 1.87. The number of hydrogen-bond acceptors (Lipinski definition) is 5. The Hall–Kier alpha value is -1.53. The van der Waals surface area contributed by atoms with E-state index in [1.54, 1.807) is 12.4 Å². The molecule has 2 atom stereocenters. The molecule has 0 radical (unpaired) electrons. The standard InChI is InChI=1S/C11H16N4O2/c1-2-14-10-6-17-5-9(10)11(16)15-8-3-12-7-13-4-8/h3-4,7,9-10,14H,2,5-6H2,1H3,(H,15,16). The van der Waals surface area contributed by atoms with E-state index in [1.165, 1.54) is 6.33 Å². The first kappa shape index (κ1) is 11.9. The molecule has 0 aliphatic carbocycles. The maximum atomic E-state index is 12.0. The number of aromatic nitrogens is 2. The van der Waals surface area contributed by atoms with Crippen LogP contribution in [0.15, 0.2) is 18.7 Å². The van der Waals surface area contributed by atoms with Crippen LogP contribution >= 0.6 is 0 Å². The first-order chi connectivity index (χ1) is 8.31. The summed E-state index contributed by atoms with van der Waals surface area (Å²) in [4.78, 5) is 19.7. The second-order valence-electron chi connectivity index (χ2n) is 3.92. The van der Waals surface area contributed by atoms with Gasteiger partial charge in [0.25, 0.3) is 0 Å². The topological polar surface area (TPSA) is 76.1 Å². The van der Waals surface area contributed by atoms with Crippen molar-refractivity contribution in [2.75, 3.05) is 25.1 Å². The number of carbonyl (C=O) groups excluding carboxylic acids is 1. The first-order valence-electron chi connectivity index (χ1n) is 5.68. The molecule has 1 aromatic rings. The Morgan fingerprint density at radius 1 is 1.47 bits per heavy atom. The van der Waals surface area contributed by atoms with Crippen LogP contribution < -0.4 is 10.6 Å². The summed E-state index contributed by atoms with van der Waals surface area (Å²) in [5.41, 5.74) is 0.611. The number of rotatable bonds is 4. The zero-order chi connectivity index (χ0) is 12.1. The highest BCUT2D eigenvalue weighted by Gasteiger charge is 2.33. The third kappa shape index (κ3) is 2.98. The summed E-state index contributed by atoms with van der Waals surface area (Å²) in [6.07, 6.45) is 4.57. The van der Waals surface area contributed by atoms with Crippen molar-refractivity contribution in [2.45, 2.75) is 13.0 Å². The number of ether oxygens (including phenoxy) is 1. The Kier molecular flexibility index (Phi) is 4.00. The molecule has 0 spiro atoms. The average Bonchev–Trinajstić information content (AvgIpc) is 2.79. The van der Waals surface area contributed by atoms with E-state index in [0.717, 1.165) is 6.54 Å². The average molecular weight is 236 g/mol. The molecule has 2 heterocycles. The van der Waals surface area contributed by atoms with Gasteiger partial charge in [-0.25, -0.2) is 9.97 Å². The van der Waals surface area contributed by atoms with E-state index in [0.29, 0.717) is 18.9 Å². The van der Waals surface area contributed by atoms with Crippen molar-refractivity contribution >= 4 is 11.6 Å². The van der Waals surface area contributed by atoms with Crippen LogP contribution in [0.2, 0.25) is 0 Å². The van der Waals surface area contributed by atoms with E-state index in [4.69, 9.17) is 4.74 Å². The van der Waals surface area contributed by atoms with Gasteiger partial charge < -0.3 is 15.4 Å². The maximum absolute atomic E-state index is 12.0. The van der Waals surface area contributed by atoms with Gasteiger partial charge in [-0.15, -0.1) is 0 Å². The summed E-state index contributed by atoms with van der Waals surface area (Å²) in [5.74, 6) is -0.210. The Labute approximate surface area is 99.8 Å². The van der Waals surface area contributed by atoms with Gasteiger partial charge in [0.05, 0.1) is 37.2 Å². The minimum atomic E-state index is -0.157. The van der Waals surface area contributed by atoms with Gasteiger partial charge in [-0.3, -0.25) is 4.79 Å². The number of anilines is 1. The maximum Gasteiger partial charge on any atom is 0.231 e. The molecule has 6 nitrogen and oxygen atoms in total. The predicted molar refractivity (Wildman–Crippen MR) is 62.4 cm³/mol. The minimum Gasteiger partial charge on any atom is -0.379 e. The number of hydrogen-bond donors (Lipinski definition) is 2. The lowest BCUT2D eigenvalue weighted by Gasteiger charge is -2.17. The van der Waals surface area contributed by atoms with E-state index < -0.39 is 0 Å². The number of nitrogens with zero attached hydrogens (tertiary/aromatic N) is 2. The molecule has 0 bridgehead atoms. The van der Waals surface area contributed by atoms with Crippen LogP contribution in [0.3, 0.4) is 0 Å². The molecule has 1 saturated heterocycles. The lowest BCUT2D eigenvalue weighted by atomic mass is 10.0. The fourth-order valence-electron chi connectivity index (χ4n) is 1.87. The van der Waals surface area contributed by atoms with Gasteiger partial charge in [0, 0.05) is 6.04 Å². The highest BCUT2D eigenvalue weighted by molar-refractivity contribution is 5.93. The molecule has 17 heavy (non-hydrogen) atoms. The van der Waals surface area contributed by atoms with Gasteiger partial charge in [0.15, 0.2) is 0 Å². The third-order valence-corrected chi connectivity index (χ3v) is 2.71. The van der Waals surface area contributed by atoms with Gasteiger partial charge in [0.2, 0.25) is 5.91 Å². The minimum absolute atomic E-state index is 0.0525. The largest absolute Gasteiger partial charge is 0.379 e. The van der Waals surface area contributed by atoms with Crippen LogP contribution in [0.4, 0.5) is 5.69 Å². The van der Waals surface area contributed by atoms with Crippen molar-refractivity contribution in [2.24, 2.45) is 5.92 Å². The van der Waals surface area contributed by atoms with Crippen molar-refractivity contribution in [1.82, 2.24) is 15.3 Å².